The van der Waals surface area contributed by atoms with Gasteiger partial charge in [0.2, 0.25) is 5.91 Å². The van der Waals surface area contributed by atoms with Gasteiger partial charge >= 0.3 is 5.97 Å². The molecule has 1 amide bonds. The number of hydrogen-bond acceptors (Lipinski definition) is 3. The fourth-order valence-corrected chi connectivity index (χ4v) is 0.978. The second kappa shape index (κ2) is 7.32. The van der Waals surface area contributed by atoms with E-state index in [0.29, 0.717) is 19.5 Å². The summed E-state index contributed by atoms with van der Waals surface area (Å²) in [5.74, 6) is -0.861. The van der Waals surface area contributed by atoms with Gasteiger partial charge in [-0.3, -0.25) is 9.59 Å². The van der Waals surface area contributed by atoms with Gasteiger partial charge in [-0.1, -0.05) is 0 Å². The van der Waals surface area contributed by atoms with Gasteiger partial charge in [0.25, 0.3) is 0 Å². The zero-order valence-corrected chi connectivity index (χ0v) is 8.67. The van der Waals surface area contributed by atoms with Gasteiger partial charge in [-0.25, -0.2) is 0 Å². The molecule has 0 aliphatic rings. The minimum absolute atomic E-state index is 0.0529. The molecule has 1 atom stereocenters. The maximum absolute atomic E-state index is 11.2. The van der Waals surface area contributed by atoms with Gasteiger partial charge < -0.3 is 15.7 Å². The van der Waals surface area contributed by atoms with Gasteiger partial charge in [0, 0.05) is 13.0 Å². The number of carboxylic acid groups (broad SMARTS) is 1. The van der Waals surface area contributed by atoms with Gasteiger partial charge in [0.05, 0.1) is 6.04 Å². The molecule has 0 bridgehead atoms. The number of hydrogen-bond donors (Lipinski definition) is 3. The van der Waals surface area contributed by atoms with Gasteiger partial charge in [0.1, 0.15) is 0 Å². The third-order valence-corrected chi connectivity index (χ3v) is 1.76. The van der Waals surface area contributed by atoms with Crippen LogP contribution in [0.3, 0.4) is 0 Å². The van der Waals surface area contributed by atoms with Crippen LogP contribution in [0.1, 0.15) is 26.7 Å². The van der Waals surface area contributed by atoms with Gasteiger partial charge in [-0.05, 0) is 26.8 Å². The molecule has 0 rings (SSSR count). The Morgan fingerprint density at radius 2 is 2.07 bits per heavy atom. The van der Waals surface area contributed by atoms with Crippen LogP contribution in [-0.4, -0.2) is 36.1 Å². The predicted octanol–water partition coefficient (Wildman–Crippen LogP) is -0.0346. The summed E-state index contributed by atoms with van der Waals surface area (Å²) in [5.41, 5.74) is 0. The van der Waals surface area contributed by atoms with Crippen LogP contribution in [0.15, 0.2) is 0 Å². The monoisotopic (exact) mass is 202 g/mol. The van der Waals surface area contributed by atoms with Crippen LogP contribution in [0.2, 0.25) is 0 Å². The minimum Gasteiger partial charge on any atom is -0.481 e. The van der Waals surface area contributed by atoms with E-state index in [-0.39, 0.29) is 18.4 Å². The first-order chi connectivity index (χ1) is 6.57. The maximum Gasteiger partial charge on any atom is 0.303 e. The van der Waals surface area contributed by atoms with E-state index in [0.717, 1.165) is 0 Å². The molecule has 5 heteroatoms. The molecule has 0 aliphatic carbocycles. The van der Waals surface area contributed by atoms with Crippen molar-refractivity contribution in [3.05, 3.63) is 0 Å². The molecule has 0 aliphatic heterocycles. The van der Waals surface area contributed by atoms with Crippen LogP contribution in [-0.2, 0) is 9.59 Å². The lowest BCUT2D eigenvalue weighted by Gasteiger charge is -2.12. The maximum atomic E-state index is 11.2. The van der Waals surface area contributed by atoms with E-state index < -0.39 is 5.97 Å². The smallest absolute Gasteiger partial charge is 0.303 e. The highest BCUT2D eigenvalue weighted by Crippen LogP contribution is 1.88. The number of likely N-dealkylation sites (N-methyl/N-ethyl adjacent to an activating group) is 1. The lowest BCUT2D eigenvalue weighted by Crippen LogP contribution is -2.42. The van der Waals surface area contributed by atoms with Crippen molar-refractivity contribution in [1.29, 1.82) is 0 Å². The van der Waals surface area contributed by atoms with Crippen LogP contribution in [0.25, 0.3) is 0 Å². The summed E-state index contributed by atoms with van der Waals surface area (Å²) in [6.45, 7) is 4.77. The summed E-state index contributed by atoms with van der Waals surface area (Å²) in [5, 5.41) is 14.0. The lowest BCUT2D eigenvalue weighted by molar-refractivity contribution is -0.137. The molecule has 82 valence electrons. The van der Waals surface area contributed by atoms with Crippen molar-refractivity contribution in [2.75, 3.05) is 13.1 Å². The molecule has 0 spiro atoms. The Morgan fingerprint density at radius 3 is 2.57 bits per heavy atom. The van der Waals surface area contributed by atoms with E-state index in [1.807, 2.05) is 6.92 Å². The molecule has 0 saturated heterocycles. The van der Waals surface area contributed by atoms with Crippen LogP contribution in [0.5, 0.6) is 0 Å². The van der Waals surface area contributed by atoms with Crippen molar-refractivity contribution in [2.24, 2.45) is 0 Å². The molecule has 0 saturated carbocycles. The number of carbonyl (C=O) groups is 2. The Morgan fingerprint density at radius 1 is 1.43 bits per heavy atom. The number of nitrogens with one attached hydrogen (secondary N) is 2. The summed E-state index contributed by atoms with van der Waals surface area (Å²) >= 11 is 0. The van der Waals surface area contributed by atoms with Crippen LogP contribution >= 0.6 is 0 Å². The molecule has 1 unspecified atom stereocenters. The lowest BCUT2D eigenvalue weighted by atomic mass is 10.2. The Kier molecular flexibility index (Phi) is 6.74. The summed E-state index contributed by atoms with van der Waals surface area (Å²) in [6.07, 6.45) is 0.675. The van der Waals surface area contributed by atoms with Gasteiger partial charge in [0.15, 0.2) is 0 Å². The summed E-state index contributed by atoms with van der Waals surface area (Å²) in [6, 6.07) is -0.260. The highest BCUT2D eigenvalue weighted by atomic mass is 16.4. The van der Waals surface area contributed by atoms with E-state index in [2.05, 4.69) is 10.6 Å². The first kappa shape index (κ1) is 12.9. The fourth-order valence-electron chi connectivity index (χ4n) is 0.978. The minimum atomic E-state index is -0.808. The fraction of sp³-hybridized carbons (Fsp3) is 0.778. The Hall–Kier alpha value is -1.10. The molecule has 0 aromatic heterocycles. The molecule has 0 aromatic carbocycles. The molecular weight excluding hydrogens is 184 g/mol. The number of carboxylic acids is 1. The molecule has 0 fully saturated rings. The average molecular weight is 202 g/mol. The summed E-state index contributed by atoms with van der Waals surface area (Å²) in [4.78, 5) is 21.4. The number of carbonyl (C=O) groups excluding carboxylic acids is 1. The second-order valence-electron chi connectivity index (χ2n) is 3.07. The normalized spacial score (nSPS) is 12.1. The van der Waals surface area contributed by atoms with Gasteiger partial charge in [-0.2, -0.15) is 0 Å². The second-order valence-corrected chi connectivity index (χ2v) is 3.07. The topological polar surface area (TPSA) is 78.4 Å². The van der Waals surface area contributed by atoms with Crippen molar-refractivity contribution in [2.45, 2.75) is 32.7 Å². The number of rotatable bonds is 7. The highest BCUT2D eigenvalue weighted by Gasteiger charge is 2.09. The zero-order chi connectivity index (χ0) is 11.0. The zero-order valence-electron chi connectivity index (χ0n) is 8.67. The molecule has 0 heterocycles. The van der Waals surface area contributed by atoms with E-state index >= 15 is 0 Å². The first-order valence-corrected chi connectivity index (χ1v) is 4.80. The predicted molar refractivity (Wildman–Crippen MR) is 53.0 cm³/mol. The van der Waals surface area contributed by atoms with E-state index in [1.54, 1.807) is 6.92 Å². The molecule has 0 aromatic rings. The Labute approximate surface area is 83.9 Å². The molecule has 3 N–H and O–H groups in total. The SMILES string of the molecule is CCNC(=O)C(C)NCCCC(=O)O. The largest absolute Gasteiger partial charge is 0.481 e. The van der Waals surface area contributed by atoms with E-state index in [1.165, 1.54) is 0 Å². The average Bonchev–Trinajstić information content (AvgIpc) is 2.12. The third-order valence-electron chi connectivity index (χ3n) is 1.76. The van der Waals surface area contributed by atoms with Crippen LogP contribution in [0.4, 0.5) is 0 Å². The van der Waals surface area contributed by atoms with Crippen molar-refractivity contribution in [3.8, 4) is 0 Å². The number of aliphatic carboxylic acids is 1. The highest BCUT2D eigenvalue weighted by molar-refractivity contribution is 5.81. The van der Waals surface area contributed by atoms with Gasteiger partial charge in [-0.15, -0.1) is 0 Å². The Balaban J connectivity index is 3.48. The quantitative estimate of drug-likeness (QED) is 0.506. The van der Waals surface area contributed by atoms with Crippen molar-refractivity contribution in [3.63, 3.8) is 0 Å². The molecule has 14 heavy (non-hydrogen) atoms. The Bertz CT molecular complexity index is 194. The summed E-state index contributed by atoms with van der Waals surface area (Å²) in [7, 11) is 0. The standard InChI is InChI=1S/C9H18N2O3/c1-3-10-9(14)7(2)11-6-4-5-8(12)13/h7,11H,3-6H2,1-2H3,(H,10,14)(H,12,13). The number of amides is 1. The van der Waals surface area contributed by atoms with Crippen molar-refractivity contribution >= 4 is 11.9 Å². The van der Waals surface area contributed by atoms with E-state index in [4.69, 9.17) is 5.11 Å². The summed E-state index contributed by atoms with van der Waals surface area (Å²) < 4.78 is 0. The van der Waals surface area contributed by atoms with Crippen molar-refractivity contribution in [1.82, 2.24) is 10.6 Å². The third kappa shape index (κ3) is 6.42. The molecule has 5 nitrogen and oxygen atoms in total. The van der Waals surface area contributed by atoms with Crippen LogP contribution < -0.4 is 10.6 Å². The molecular formula is C9H18N2O3. The van der Waals surface area contributed by atoms with Crippen LogP contribution in [0, 0.1) is 0 Å². The van der Waals surface area contributed by atoms with Crippen molar-refractivity contribution < 1.29 is 14.7 Å². The first-order valence-electron chi connectivity index (χ1n) is 4.80. The van der Waals surface area contributed by atoms with E-state index in [9.17, 15) is 9.59 Å². The molecule has 0 radical (unpaired) electrons.